The average Bonchev–Trinajstić information content (AvgIpc) is 2.87. The van der Waals surface area contributed by atoms with Gasteiger partial charge in [-0.05, 0) is 102 Å². The van der Waals surface area contributed by atoms with E-state index < -0.39 is 7.92 Å². The molecule has 0 spiro atoms. The monoisotopic (exact) mass is 475 g/mol. The lowest BCUT2D eigenvalue weighted by Gasteiger charge is -2.27. The van der Waals surface area contributed by atoms with Crippen molar-refractivity contribution in [2.24, 2.45) is 0 Å². The molecule has 0 bridgehead atoms. The Labute approximate surface area is 209 Å². The molecule has 0 fully saturated rings. The van der Waals surface area contributed by atoms with Crippen LogP contribution in [-0.4, -0.2) is 39.3 Å². The summed E-state index contributed by atoms with van der Waals surface area (Å²) in [5, 5.41) is 4.23. The number of hydrogen-bond acceptors (Lipinski definition) is 3. The summed E-state index contributed by atoms with van der Waals surface area (Å²) >= 11 is 0. The molecule has 0 aliphatic heterocycles. The van der Waals surface area contributed by atoms with E-state index in [1.165, 1.54) is 33.0 Å². The largest absolute Gasteiger partial charge is 0.372 e. The Kier molecular flexibility index (Phi) is 9.84. The lowest BCUT2D eigenvalue weighted by atomic mass is 10.3. The fourth-order valence-electron chi connectivity index (χ4n) is 4.70. The quantitative estimate of drug-likeness (QED) is 0.298. The standard InChI is InChI=1S/C30H42N3P/c1-7-31(8-2)25-16-13-19-28(22-25)34(29-20-14-17-26(23-29)32(9-3)10-4)30-21-15-18-27(24-30)33(11-5)12-6/h13-24H,7-12H2,1-6H3. The van der Waals surface area contributed by atoms with E-state index in [-0.39, 0.29) is 0 Å². The number of nitrogens with zero attached hydrogens (tertiary/aromatic N) is 3. The van der Waals surface area contributed by atoms with Crippen LogP contribution in [0.15, 0.2) is 72.8 Å². The molecule has 4 heteroatoms. The molecular formula is C30H42N3P. The van der Waals surface area contributed by atoms with Crippen molar-refractivity contribution in [3.8, 4) is 0 Å². The minimum Gasteiger partial charge on any atom is -0.372 e. The van der Waals surface area contributed by atoms with Crippen LogP contribution < -0.4 is 30.6 Å². The molecular weight excluding hydrogens is 433 g/mol. The van der Waals surface area contributed by atoms with Gasteiger partial charge in [-0.25, -0.2) is 0 Å². The molecule has 0 aromatic heterocycles. The summed E-state index contributed by atoms with van der Waals surface area (Å²) in [6.45, 7) is 19.5. The normalized spacial score (nSPS) is 11.0. The first-order valence-corrected chi connectivity index (χ1v) is 14.3. The molecule has 0 saturated heterocycles. The zero-order valence-electron chi connectivity index (χ0n) is 22.0. The highest BCUT2D eigenvalue weighted by Crippen LogP contribution is 2.36. The van der Waals surface area contributed by atoms with Crippen LogP contribution in [0.5, 0.6) is 0 Å². The molecule has 182 valence electrons. The molecule has 0 saturated carbocycles. The lowest BCUT2D eigenvalue weighted by molar-refractivity contribution is 0.867. The maximum Gasteiger partial charge on any atom is 0.0372 e. The van der Waals surface area contributed by atoms with Crippen LogP contribution in [0.2, 0.25) is 0 Å². The molecule has 3 rings (SSSR count). The molecule has 3 aromatic carbocycles. The highest BCUT2D eigenvalue weighted by Gasteiger charge is 2.20. The summed E-state index contributed by atoms with van der Waals surface area (Å²) in [6.07, 6.45) is 0. The molecule has 0 atom stereocenters. The van der Waals surface area contributed by atoms with Crippen LogP contribution in [0.1, 0.15) is 41.5 Å². The lowest BCUT2D eigenvalue weighted by Crippen LogP contribution is -2.27. The molecule has 0 aliphatic rings. The second-order valence-corrected chi connectivity index (χ2v) is 10.6. The van der Waals surface area contributed by atoms with Gasteiger partial charge in [0.25, 0.3) is 0 Å². The van der Waals surface area contributed by atoms with Crippen LogP contribution in [0.4, 0.5) is 17.1 Å². The van der Waals surface area contributed by atoms with Gasteiger partial charge in [-0.15, -0.1) is 0 Å². The molecule has 0 aliphatic carbocycles. The summed E-state index contributed by atoms with van der Waals surface area (Å²) in [6, 6.07) is 27.7. The van der Waals surface area contributed by atoms with Crippen molar-refractivity contribution in [1.29, 1.82) is 0 Å². The first kappa shape index (κ1) is 26.1. The summed E-state index contributed by atoms with van der Waals surface area (Å²) < 4.78 is 0. The zero-order valence-corrected chi connectivity index (χ0v) is 22.9. The summed E-state index contributed by atoms with van der Waals surface area (Å²) in [5.41, 5.74) is 3.94. The zero-order chi connectivity index (χ0) is 24.5. The number of hydrogen-bond donors (Lipinski definition) is 0. The fraction of sp³-hybridized carbons (Fsp3) is 0.400. The van der Waals surface area contributed by atoms with Crippen molar-refractivity contribution in [2.75, 3.05) is 54.0 Å². The van der Waals surface area contributed by atoms with E-state index in [0.717, 1.165) is 39.3 Å². The van der Waals surface area contributed by atoms with Crippen molar-refractivity contribution in [2.45, 2.75) is 41.5 Å². The molecule has 3 aromatic rings. The highest BCUT2D eigenvalue weighted by atomic mass is 31.1. The van der Waals surface area contributed by atoms with E-state index in [2.05, 4.69) is 129 Å². The number of benzene rings is 3. The highest BCUT2D eigenvalue weighted by molar-refractivity contribution is 7.79. The van der Waals surface area contributed by atoms with Gasteiger partial charge in [0, 0.05) is 56.3 Å². The van der Waals surface area contributed by atoms with E-state index in [1.54, 1.807) is 0 Å². The maximum absolute atomic E-state index is 2.44. The van der Waals surface area contributed by atoms with E-state index in [9.17, 15) is 0 Å². The second kappa shape index (κ2) is 12.8. The van der Waals surface area contributed by atoms with E-state index in [4.69, 9.17) is 0 Å². The van der Waals surface area contributed by atoms with Gasteiger partial charge in [0.1, 0.15) is 0 Å². The molecule has 0 amide bonds. The fourth-order valence-corrected chi connectivity index (χ4v) is 7.08. The smallest absolute Gasteiger partial charge is 0.0372 e. The van der Waals surface area contributed by atoms with Crippen molar-refractivity contribution >= 4 is 40.9 Å². The topological polar surface area (TPSA) is 9.72 Å². The average molecular weight is 476 g/mol. The van der Waals surface area contributed by atoms with Gasteiger partial charge in [0.05, 0.1) is 0 Å². The summed E-state index contributed by atoms with van der Waals surface area (Å²) in [5.74, 6) is 0. The van der Waals surface area contributed by atoms with E-state index >= 15 is 0 Å². The van der Waals surface area contributed by atoms with Crippen LogP contribution in [0.3, 0.4) is 0 Å². The Hall–Kier alpha value is -2.51. The first-order chi connectivity index (χ1) is 16.6. The molecule has 0 N–H and O–H groups in total. The Morgan fingerprint density at radius 2 is 0.706 bits per heavy atom. The van der Waals surface area contributed by atoms with Gasteiger partial charge in [0.15, 0.2) is 0 Å². The molecule has 0 heterocycles. The minimum absolute atomic E-state index is 0.679. The maximum atomic E-state index is 2.44. The van der Waals surface area contributed by atoms with Gasteiger partial charge in [-0.3, -0.25) is 0 Å². The van der Waals surface area contributed by atoms with Gasteiger partial charge >= 0.3 is 0 Å². The molecule has 0 radical (unpaired) electrons. The SMILES string of the molecule is CCN(CC)c1cccc(P(c2cccc(N(CC)CC)c2)c2cccc(N(CC)CC)c2)c1. The van der Waals surface area contributed by atoms with Gasteiger partial charge in [-0.1, -0.05) is 36.4 Å². The Morgan fingerprint density at radius 3 is 0.941 bits per heavy atom. The van der Waals surface area contributed by atoms with Crippen molar-refractivity contribution < 1.29 is 0 Å². The third-order valence-corrected chi connectivity index (χ3v) is 9.03. The predicted molar refractivity (Wildman–Crippen MR) is 156 cm³/mol. The third kappa shape index (κ3) is 5.94. The van der Waals surface area contributed by atoms with Crippen molar-refractivity contribution in [3.05, 3.63) is 72.8 Å². The summed E-state index contributed by atoms with van der Waals surface area (Å²) in [7, 11) is -0.679. The molecule has 3 nitrogen and oxygen atoms in total. The van der Waals surface area contributed by atoms with Crippen molar-refractivity contribution in [1.82, 2.24) is 0 Å². The van der Waals surface area contributed by atoms with Gasteiger partial charge in [0.2, 0.25) is 0 Å². The Bertz CT molecular complexity index is 891. The van der Waals surface area contributed by atoms with Crippen LogP contribution >= 0.6 is 7.92 Å². The van der Waals surface area contributed by atoms with E-state index in [1.807, 2.05) is 0 Å². The molecule has 34 heavy (non-hydrogen) atoms. The van der Waals surface area contributed by atoms with Gasteiger partial charge in [-0.2, -0.15) is 0 Å². The van der Waals surface area contributed by atoms with Crippen LogP contribution in [-0.2, 0) is 0 Å². The number of anilines is 3. The van der Waals surface area contributed by atoms with Crippen LogP contribution in [0.25, 0.3) is 0 Å². The third-order valence-electron chi connectivity index (χ3n) is 6.65. The predicted octanol–water partition coefficient (Wildman–Crippen LogP) is 5.98. The minimum atomic E-state index is -0.679. The summed E-state index contributed by atoms with van der Waals surface area (Å²) in [4.78, 5) is 7.32. The van der Waals surface area contributed by atoms with Crippen LogP contribution in [0, 0.1) is 0 Å². The Morgan fingerprint density at radius 1 is 0.441 bits per heavy atom. The van der Waals surface area contributed by atoms with E-state index in [0.29, 0.717) is 0 Å². The van der Waals surface area contributed by atoms with Crippen molar-refractivity contribution in [3.63, 3.8) is 0 Å². The second-order valence-electron chi connectivity index (χ2n) is 8.41. The number of rotatable bonds is 12. The molecule has 0 unspecified atom stereocenters. The van der Waals surface area contributed by atoms with Gasteiger partial charge < -0.3 is 14.7 Å². The first-order valence-electron chi connectivity index (χ1n) is 12.9. The Balaban J connectivity index is 2.17.